The van der Waals surface area contributed by atoms with Crippen LogP contribution in [0.5, 0.6) is 0 Å². The van der Waals surface area contributed by atoms with Gasteiger partial charge in [0.1, 0.15) is 18.3 Å². The van der Waals surface area contributed by atoms with Gasteiger partial charge in [-0.25, -0.2) is 0 Å². The normalized spacial score (nSPS) is 36.3. The Balaban J connectivity index is 2.70. The Kier molecular flexibility index (Phi) is 8.33. The van der Waals surface area contributed by atoms with Crippen LogP contribution in [0, 0.1) is 0 Å². The molecule has 7 atom stereocenters. The second-order valence-electron chi connectivity index (χ2n) is 3.85. The third-order valence-corrected chi connectivity index (χ3v) is 3.92. The Morgan fingerprint density at radius 1 is 1.05 bits per heavy atom. The number of hydrogen-bond donors (Lipinski definition) is 2. The molecule has 12 heteroatoms. The standard InChI is InChI=1S/C9H18O10S2/c1-14-9-8(19-21(13)16-3)7(11)6(10)5(18-9)4-17-20(12)15-2/h5-11H,4H2,1-3H3/t5-,6+,7+,8+,9+,20-,21-/m0/s1. The van der Waals surface area contributed by atoms with Crippen molar-refractivity contribution in [1.82, 2.24) is 0 Å². The first-order valence-electron chi connectivity index (χ1n) is 5.71. The van der Waals surface area contributed by atoms with E-state index >= 15 is 0 Å². The van der Waals surface area contributed by atoms with Gasteiger partial charge in [-0.15, -0.1) is 0 Å². The first-order valence-corrected chi connectivity index (χ1v) is 7.71. The van der Waals surface area contributed by atoms with Crippen molar-refractivity contribution in [3.8, 4) is 0 Å². The van der Waals surface area contributed by atoms with Crippen LogP contribution < -0.4 is 0 Å². The van der Waals surface area contributed by atoms with Crippen LogP contribution in [0.1, 0.15) is 0 Å². The van der Waals surface area contributed by atoms with Gasteiger partial charge in [0.25, 0.3) is 0 Å². The third-order valence-electron chi connectivity index (χ3n) is 2.67. The van der Waals surface area contributed by atoms with Crippen LogP contribution >= 0.6 is 0 Å². The van der Waals surface area contributed by atoms with Crippen LogP contribution in [0.25, 0.3) is 0 Å². The Labute approximate surface area is 127 Å². The van der Waals surface area contributed by atoms with Crippen molar-refractivity contribution in [2.75, 3.05) is 27.9 Å². The minimum atomic E-state index is -2.14. The Morgan fingerprint density at radius 2 is 1.67 bits per heavy atom. The van der Waals surface area contributed by atoms with Gasteiger partial charge in [-0.3, -0.25) is 16.7 Å². The quantitative estimate of drug-likeness (QED) is 0.503. The molecule has 1 fully saturated rings. The van der Waals surface area contributed by atoms with E-state index < -0.39 is 53.4 Å². The average Bonchev–Trinajstić information content (AvgIpc) is 2.50. The summed E-state index contributed by atoms with van der Waals surface area (Å²) in [7, 11) is 3.58. The Bertz CT molecular complexity index is 362. The second-order valence-corrected chi connectivity index (χ2v) is 5.76. The molecule has 0 spiro atoms. The summed E-state index contributed by atoms with van der Waals surface area (Å²) in [5, 5.41) is 19.9. The molecule has 2 N–H and O–H groups in total. The predicted molar refractivity (Wildman–Crippen MR) is 68.8 cm³/mol. The Morgan fingerprint density at radius 3 is 2.19 bits per heavy atom. The van der Waals surface area contributed by atoms with Crippen LogP contribution in [0.2, 0.25) is 0 Å². The zero-order valence-corrected chi connectivity index (χ0v) is 13.2. The fourth-order valence-corrected chi connectivity index (χ4v) is 2.44. The predicted octanol–water partition coefficient (Wildman–Crippen LogP) is -2.07. The van der Waals surface area contributed by atoms with Crippen LogP contribution in [0.15, 0.2) is 0 Å². The maximum Gasteiger partial charge on any atom is 0.304 e. The third kappa shape index (κ3) is 5.28. The highest BCUT2D eigenvalue weighted by atomic mass is 32.2. The van der Waals surface area contributed by atoms with Crippen molar-refractivity contribution in [1.29, 1.82) is 0 Å². The molecule has 21 heavy (non-hydrogen) atoms. The second kappa shape index (κ2) is 9.19. The Hall–Kier alpha value is -0.0200. The molecule has 0 radical (unpaired) electrons. The van der Waals surface area contributed by atoms with Gasteiger partial charge < -0.3 is 19.7 Å². The molecular weight excluding hydrogens is 332 g/mol. The molecule has 0 aliphatic carbocycles. The molecule has 10 nitrogen and oxygen atoms in total. The van der Waals surface area contributed by atoms with E-state index in [4.69, 9.17) is 17.8 Å². The van der Waals surface area contributed by atoms with Crippen LogP contribution in [0.3, 0.4) is 0 Å². The van der Waals surface area contributed by atoms with Crippen LogP contribution in [-0.4, -0.2) is 77.3 Å². The monoisotopic (exact) mass is 350 g/mol. The van der Waals surface area contributed by atoms with Crippen molar-refractivity contribution >= 4 is 22.7 Å². The van der Waals surface area contributed by atoms with E-state index in [2.05, 4.69) is 8.37 Å². The van der Waals surface area contributed by atoms with Crippen molar-refractivity contribution in [3.05, 3.63) is 0 Å². The topological polar surface area (TPSA) is 130 Å². The molecule has 0 saturated carbocycles. The summed E-state index contributed by atoms with van der Waals surface area (Å²) in [5.41, 5.74) is 0. The van der Waals surface area contributed by atoms with Gasteiger partial charge in [-0.05, 0) is 0 Å². The molecule has 1 rings (SSSR count). The zero-order chi connectivity index (χ0) is 16.0. The number of methoxy groups -OCH3 is 1. The fraction of sp³-hybridized carbons (Fsp3) is 1.00. The van der Waals surface area contributed by atoms with Crippen molar-refractivity contribution in [3.63, 3.8) is 0 Å². The van der Waals surface area contributed by atoms with E-state index in [-0.39, 0.29) is 6.61 Å². The summed E-state index contributed by atoms with van der Waals surface area (Å²) in [6.45, 7) is -0.321. The summed E-state index contributed by atoms with van der Waals surface area (Å²) < 4.78 is 50.9. The number of aliphatic hydroxyl groups excluding tert-OH is 2. The van der Waals surface area contributed by atoms with Gasteiger partial charge in [0, 0.05) is 7.11 Å². The SMILES string of the molecule is CO[C@@H]1O[C@@H](CO[S@@](=O)OC)[C@@H](O)[C@@H](O)[C@H]1O[S@@](=O)OC. The van der Waals surface area contributed by atoms with E-state index in [0.717, 1.165) is 7.11 Å². The lowest BCUT2D eigenvalue weighted by Crippen LogP contribution is -2.60. The summed E-state index contributed by atoms with van der Waals surface area (Å²) in [5.74, 6) is 0. The van der Waals surface area contributed by atoms with E-state index in [9.17, 15) is 18.6 Å². The lowest BCUT2D eigenvalue weighted by molar-refractivity contribution is -0.286. The molecule has 0 aromatic carbocycles. The molecule has 0 aromatic rings. The summed E-state index contributed by atoms with van der Waals surface area (Å²) in [6, 6.07) is 0. The molecular formula is C9H18O10S2. The smallest absolute Gasteiger partial charge is 0.304 e. The van der Waals surface area contributed by atoms with Gasteiger partial charge in [-0.1, -0.05) is 0 Å². The maximum atomic E-state index is 11.2. The lowest BCUT2D eigenvalue weighted by Gasteiger charge is -2.40. The molecule has 1 saturated heterocycles. The first kappa shape index (κ1) is 19.0. The van der Waals surface area contributed by atoms with E-state index in [0.29, 0.717) is 0 Å². The van der Waals surface area contributed by atoms with Gasteiger partial charge in [0.05, 0.1) is 20.8 Å². The van der Waals surface area contributed by atoms with Crippen LogP contribution in [-0.2, 0) is 48.9 Å². The first-order chi connectivity index (χ1) is 9.94. The summed E-state index contributed by atoms with van der Waals surface area (Å²) in [6.07, 6.45) is -6.33. The molecule has 1 aliphatic rings. The lowest BCUT2D eigenvalue weighted by atomic mass is 9.99. The molecule has 0 unspecified atom stereocenters. The zero-order valence-electron chi connectivity index (χ0n) is 11.6. The highest BCUT2D eigenvalue weighted by Crippen LogP contribution is 2.25. The van der Waals surface area contributed by atoms with Gasteiger partial charge >= 0.3 is 22.7 Å². The molecule has 0 amide bonds. The molecule has 0 bridgehead atoms. The highest BCUT2D eigenvalue weighted by Gasteiger charge is 2.47. The summed E-state index contributed by atoms with van der Waals surface area (Å²) >= 11 is -4.14. The van der Waals surface area contributed by atoms with Crippen molar-refractivity contribution < 1.29 is 44.8 Å². The summed E-state index contributed by atoms with van der Waals surface area (Å²) in [4.78, 5) is 0. The fourth-order valence-electron chi connectivity index (χ4n) is 1.64. The van der Waals surface area contributed by atoms with Gasteiger partial charge in [0.15, 0.2) is 12.4 Å². The molecule has 0 aromatic heterocycles. The molecule has 126 valence electrons. The number of rotatable bonds is 8. The highest BCUT2D eigenvalue weighted by molar-refractivity contribution is 7.75. The molecule has 1 aliphatic heterocycles. The van der Waals surface area contributed by atoms with Crippen LogP contribution in [0.4, 0.5) is 0 Å². The minimum absolute atomic E-state index is 0.321. The van der Waals surface area contributed by atoms with E-state index in [1.165, 1.54) is 14.2 Å². The van der Waals surface area contributed by atoms with Gasteiger partial charge in [-0.2, -0.15) is 8.42 Å². The van der Waals surface area contributed by atoms with Crippen molar-refractivity contribution in [2.24, 2.45) is 0 Å². The van der Waals surface area contributed by atoms with Gasteiger partial charge in [0.2, 0.25) is 0 Å². The number of ether oxygens (including phenoxy) is 2. The van der Waals surface area contributed by atoms with E-state index in [1.807, 2.05) is 0 Å². The van der Waals surface area contributed by atoms with Crippen molar-refractivity contribution in [2.45, 2.75) is 30.7 Å². The number of hydrogen-bond acceptors (Lipinski definition) is 10. The molecule has 1 heterocycles. The van der Waals surface area contributed by atoms with E-state index in [1.54, 1.807) is 0 Å². The average molecular weight is 350 g/mol. The largest absolute Gasteiger partial charge is 0.387 e. The number of aliphatic hydroxyl groups is 2. The minimum Gasteiger partial charge on any atom is -0.387 e. The maximum absolute atomic E-state index is 11.2.